The lowest BCUT2D eigenvalue weighted by molar-refractivity contribution is -0.136. The number of phenolic OH excluding ortho intramolecular Hbond substituents is 1. The number of nitrogens with zero attached hydrogens (tertiary/aromatic N) is 2. The molecule has 2 aromatic carbocycles. The van der Waals surface area contributed by atoms with Crippen molar-refractivity contribution in [3.05, 3.63) is 85.5 Å². The molecule has 0 spiro atoms. The summed E-state index contributed by atoms with van der Waals surface area (Å²) in [6.45, 7) is 1.69. The Hall–Kier alpha value is -2.15. The molecule has 1 atom stereocenters. The Morgan fingerprint density at radius 1 is 1.32 bits per heavy atom. The number of allylic oxidation sites excluding steroid dienone is 1. The lowest BCUT2D eigenvalue weighted by atomic mass is 9.95. The van der Waals surface area contributed by atoms with Crippen LogP contribution in [0.1, 0.15) is 24.1 Å². The molecule has 1 aromatic heterocycles. The van der Waals surface area contributed by atoms with Crippen molar-refractivity contribution in [3.8, 4) is 11.5 Å². The Labute approximate surface area is 225 Å². The molecule has 0 aliphatic carbocycles. The predicted molar refractivity (Wildman–Crippen MR) is 142 cm³/mol. The summed E-state index contributed by atoms with van der Waals surface area (Å²) in [5.41, 5.74) is 1.26. The average Bonchev–Trinajstić information content (AvgIpc) is 3.10. The first-order valence-corrected chi connectivity index (χ1v) is 12.8. The molecule has 1 aliphatic rings. The van der Waals surface area contributed by atoms with Gasteiger partial charge in [-0.2, -0.15) is 0 Å². The van der Waals surface area contributed by atoms with E-state index in [0.29, 0.717) is 40.5 Å². The van der Waals surface area contributed by atoms with Crippen LogP contribution in [0.2, 0.25) is 5.02 Å². The standard InChI is InChI=1S/C23H17BrClIN2O5S/c1-10-18(22(31)33-3)19(14-9-13(25)4-5-16(14)32-2)28-21(30)17(34-23(28)27-10)7-11-6-12(24)8-15(26)20(11)29/h4-9,19,29H,1-3H3/b17-7-/t19-/m1/s1. The average molecular weight is 676 g/mol. The van der Waals surface area contributed by atoms with Crippen molar-refractivity contribution in [2.45, 2.75) is 13.0 Å². The van der Waals surface area contributed by atoms with Crippen LogP contribution in [0.4, 0.5) is 0 Å². The molecular weight excluding hydrogens is 659 g/mol. The lowest BCUT2D eigenvalue weighted by Gasteiger charge is -2.25. The van der Waals surface area contributed by atoms with Crippen LogP contribution in [0.15, 0.2) is 55.9 Å². The van der Waals surface area contributed by atoms with Crippen LogP contribution in [-0.2, 0) is 9.53 Å². The summed E-state index contributed by atoms with van der Waals surface area (Å²) in [6.07, 6.45) is 1.61. The van der Waals surface area contributed by atoms with E-state index in [1.807, 2.05) is 22.6 Å². The number of fused-ring (bicyclic) bond motifs is 1. The molecule has 1 aliphatic heterocycles. The number of benzene rings is 2. The molecule has 0 radical (unpaired) electrons. The highest BCUT2D eigenvalue weighted by atomic mass is 127. The summed E-state index contributed by atoms with van der Waals surface area (Å²) >= 11 is 12.9. The van der Waals surface area contributed by atoms with Gasteiger partial charge in [0.05, 0.1) is 33.6 Å². The molecule has 11 heteroatoms. The minimum Gasteiger partial charge on any atom is -0.506 e. The zero-order valence-corrected chi connectivity index (χ0v) is 23.4. The van der Waals surface area contributed by atoms with Crippen molar-refractivity contribution in [3.63, 3.8) is 0 Å². The molecule has 4 rings (SSSR count). The van der Waals surface area contributed by atoms with E-state index in [1.165, 1.54) is 18.8 Å². The van der Waals surface area contributed by atoms with Crippen LogP contribution in [0.5, 0.6) is 11.5 Å². The summed E-state index contributed by atoms with van der Waals surface area (Å²) < 4.78 is 13.7. The quantitative estimate of drug-likeness (QED) is 0.332. The van der Waals surface area contributed by atoms with Crippen LogP contribution in [0, 0.1) is 3.57 Å². The van der Waals surface area contributed by atoms with E-state index < -0.39 is 12.0 Å². The van der Waals surface area contributed by atoms with Gasteiger partial charge in [0, 0.05) is 20.6 Å². The highest BCUT2D eigenvalue weighted by Crippen LogP contribution is 2.37. The molecule has 0 bridgehead atoms. The third-order valence-electron chi connectivity index (χ3n) is 5.26. The van der Waals surface area contributed by atoms with Gasteiger partial charge in [-0.05, 0) is 65.9 Å². The van der Waals surface area contributed by atoms with Crippen LogP contribution in [0.25, 0.3) is 6.08 Å². The Kier molecular flexibility index (Phi) is 7.22. The third-order valence-corrected chi connectivity index (χ3v) is 7.76. The van der Waals surface area contributed by atoms with Gasteiger partial charge in [0.15, 0.2) is 4.80 Å². The van der Waals surface area contributed by atoms with Gasteiger partial charge in [0.1, 0.15) is 17.5 Å². The maximum Gasteiger partial charge on any atom is 0.338 e. The SMILES string of the molecule is COC(=O)C1=C(C)N=c2s/c(=C\c3cc(Br)cc(I)c3O)c(=O)n2[C@@H]1c1cc(Cl)ccc1OC. The monoisotopic (exact) mass is 674 g/mol. The fraction of sp³-hybridized carbons (Fsp3) is 0.174. The summed E-state index contributed by atoms with van der Waals surface area (Å²) in [5, 5.41) is 10.9. The highest BCUT2D eigenvalue weighted by Gasteiger charge is 2.35. The minimum atomic E-state index is -0.865. The second-order valence-electron chi connectivity index (χ2n) is 7.29. The van der Waals surface area contributed by atoms with E-state index in [0.717, 1.165) is 15.8 Å². The van der Waals surface area contributed by atoms with E-state index in [9.17, 15) is 14.7 Å². The van der Waals surface area contributed by atoms with E-state index in [-0.39, 0.29) is 16.9 Å². The van der Waals surface area contributed by atoms with Crippen molar-refractivity contribution in [1.82, 2.24) is 4.57 Å². The van der Waals surface area contributed by atoms with Crippen molar-refractivity contribution >= 4 is 73.5 Å². The molecule has 0 unspecified atom stereocenters. The second-order valence-corrected chi connectivity index (χ2v) is 10.8. The summed E-state index contributed by atoms with van der Waals surface area (Å²) in [5.74, 6) is -0.0878. The summed E-state index contributed by atoms with van der Waals surface area (Å²) in [6, 6.07) is 7.63. The van der Waals surface area contributed by atoms with Gasteiger partial charge in [0.25, 0.3) is 5.56 Å². The molecule has 176 valence electrons. The second kappa shape index (κ2) is 9.84. The number of phenols is 1. The number of aromatic nitrogens is 1. The van der Waals surface area contributed by atoms with Gasteiger partial charge < -0.3 is 14.6 Å². The van der Waals surface area contributed by atoms with E-state index in [1.54, 1.807) is 43.3 Å². The fourth-order valence-electron chi connectivity index (χ4n) is 3.74. The molecule has 1 N–H and O–H groups in total. The Balaban J connectivity index is 2.05. The summed E-state index contributed by atoms with van der Waals surface area (Å²) in [4.78, 5) is 31.4. The Morgan fingerprint density at radius 2 is 2.06 bits per heavy atom. The van der Waals surface area contributed by atoms with Gasteiger partial charge in [-0.1, -0.05) is 38.9 Å². The zero-order chi connectivity index (χ0) is 24.7. The van der Waals surface area contributed by atoms with Crippen molar-refractivity contribution in [2.24, 2.45) is 4.99 Å². The highest BCUT2D eigenvalue weighted by molar-refractivity contribution is 14.1. The molecule has 0 amide bonds. The van der Waals surface area contributed by atoms with Crippen molar-refractivity contribution < 1.29 is 19.4 Å². The molecule has 2 heterocycles. The number of rotatable bonds is 4. The molecule has 0 saturated heterocycles. The van der Waals surface area contributed by atoms with Crippen LogP contribution in [-0.4, -0.2) is 29.9 Å². The van der Waals surface area contributed by atoms with Gasteiger partial charge in [-0.25, -0.2) is 9.79 Å². The number of ether oxygens (including phenoxy) is 2. The zero-order valence-electron chi connectivity index (χ0n) is 18.1. The van der Waals surface area contributed by atoms with Crippen LogP contribution < -0.4 is 19.6 Å². The Bertz CT molecular complexity index is 1550. The fourth-order valence-corrected chi connectivity index (χ4v) is 6.51. The number of halogens is 3. The van der Waals surface area contributed by atoms with Gasteiger partial charge in [0.2, 0.25) is 0 Å². The first-order valence-electron chi connectivity index (χ1n) is 9.78. The lowest BCUT2D eigenvalue weighted by Crippen LogP contribution is -2.40. The van der Waals surface area contributed by atoms with Crippen molar-refractivity contribution in [1.29, 1.82) is 0 Å². The molecular formula is C23H17BrClIN2O5S. The topological polar surface area (TPSA) is 90.1 Å². The number of aromatic hydroxyl groups is 1. The molecule has 0 fully saturated rings. The van der Waals surface area contributed by atoms with Gasteiger partial charge in [-0.3, -0.25) is 9.36 Å². The van der Waals surface area contributed by atoms with Crippen LogP contribution >= 0.6 is 61.5 Å². The number of methoxy groups -OCH3 is 2. The van der Waals surface area contributed by atoms with Gasteiger partial charge >= 0.3 is 5.97 Å². The molecule has 34 heavy (non-hydrogen) atoms. The first kappa shape index (κ1) is 25.0. The largest absolute Gasteiger partial charge is 0.506 e. The number of thiazole rings is 1. The smallest absolute Gasteiger partial charge is 0.338 e. The minimum absolute atomic E-state index is 0.0640. The number of carbonyl (C=O) groups is 1. The van der Waals surface area contributed by atoms with E-state index in [2.05, 4.69) is 20.9 Å². The molecule has 3 aromatic rings. The van der Waals surface area contributed by atoms with Gasteiger partial charge in [-0.15, -0.1) is 0 Å². The first-order chi connectivity index (χ1) is 16.2. The summed E-state index contributed by atoms with van der Waals surface area (Å²) in [7, 11) is 2.78. The maximum absolute atomic E-state index is 13.7. The number of carbonyl (C=O) groups excluding carboxylic acids is 1. The van der Waals surface area contributed by atoms with E-state index >= 15 is 0 Å². The third kappa shape index (κ3) is 4.43. The number of esters is 1. The number of hydrogen-bond acceptors (Lipinski definition) is 7. The van der Waals surface area contributed by atoms with Crippen molar-refractivity contribution in [2.75, 3.05) is 14.2 Å². The number of hydrogen-bond donors (Lipinski definition) is 1. The molecule has 7 nitrogen and oxygen atoms in total. The molecule has 0 saturated carbocycles. The predicted octanol–water partition coefficient (Wildman–Crippen LogP) is 4.14. The van der Waals surface area contributed by atoms with E-state index in [4.69, 9.17) is 21.1 Å². The normalized spacial score (nSPS) is 15.7. The van der Waals surface area contributed by atoms with Crippen LogP contribution in [0.3, 0.4) is 0 Å². The maximum atomic E-state index is 13.7. The Morgan fingerprint density at radius 3 is 2.74 bits per heavy atom.